The van der Waals surface area contributed by atoms with Crippen molar-refractivity contribution in [2.45, 2.75) is 11.8 Å². The van der Waals surface area contributed by atoms with E-state index in [9.17, 15) is 13.2 Å². The van der Waals surface area contributed by atoms with Crippen LogP contribution in [0.5, 0.6) is 5.75 Å². The Morgan fingerprint density at radius 3 is 2.46 bits per heavy atom. The second-order valence-corrected chi connectivity index (χ2v) is 6.84. The SMILES string of the molecule is Cc1ccc(S(=O)(=O)Oc2cccc3ccccc23)cc1C(=O)O. The molecule has 122 valence electrons. The number of aromatic carboxylic acids is 1. The lowest BCUT2D eigenvalue weighted by atomic mass is 10.1. The number of carboxylic acid groups (broad SMARTS) is 1. The second kappa shape index (κ2) is 5.98. The molecule has 3 rings (SSSR count). The predicted molar refractivity (Wildman–Crippen MR) is 89.9 cm³/mol. The fourth-order valence-electron chi connectivity index (χ4n) is 2.42. The predicted octanol–water partition coefficient (Wildman–Crippen LogP) is 3.61. The van der Waals surface area contributed by atoms with E-state index in [0.29, 0.717) is 10.9 Å². The molecule has 0 radical (unpaired) electrons. The highest BCUT2D eigenvalue weighted by molar-refractivity contribution is 7.87. The highest BCUT2D eigenvalue weighted by Gasteiger charge is 2.20. The lowest BCUT2D eigenvalue weighted by Gasteiger charge is -2.11. The molecule has 24 heavy (non-hydrogen) atoms. The lowest BCUT2D eigenvalue weighted by Crippen LogP contribution is -2.11. The van der Waals surface area contributed by atoms with Crippen LogP contribution in [-0.2, 0) is 10.1 Å². The van der Waals surface area contributed by atoms with Gasteiger partial charge in [-0.25, -0.2) is 4.79 Å². The Labute approximate surface area is 139 Å². The first-order chi connectivity index (χ1) is 11.4. The van der Waals surface area contributed by atoms with E-state index in [1.54, 1.807) is 31.2 Å². The number of rotatable bonds is 4. The summed E-state index contributed by atoms with van der Waals surface area (Å²) in [6.07, 6.45) is 0. The number of carbonyl (C=O) groups is 1. The number of carboxylic acids is 1. The van der Waals surface area contributed by atoms with Gasteiger partial charge in [-0.15, -0.1) is 0 Å². The van der Waals surface area contributed by atoms with Crippen molar-refractivity contribution < 1.29 is 22.5 Å². The molecule has 3 aromatic carbocycles. The molecular formula is C18H14O5S. The van der Waals surface area contributed by atoms with Gasteiger partial charge in [0.25, 0.3) is 0 Å². The van der Waals surface area contributed by atoms with Gasteiger partial charge in [0.05, 0.1) is 5.56 Å². The summed E-state index contributed by atoms with van der Waals surface area (Å²) < 4.78 is 30.3. The molecule has 0 atom stereocenters. The molecule has 0 spiro atoms. The molecule has 6 heteroatoms. The number of hydrogen-bond acceptors (Lipinski definition) is 4. The molecule has 0 aliphatic heterocycles. The van der Waals surface area contributed by atoms with E-state index >= 15 is 0 Å². The average molecular weight is 342 g/mol. The highest BCUT2D eigenvalue weighted by Crippen LogP contribution is 2.28. The van der Waals surface area contributed by atoms with E-state index in [2.05, 4.69) is 0 Å². The van der Waals surface area contributed by atoms with Crippen LogP contribution in [0.4, 0.5) is 0 Å². The van der Waals surface area contributed by atoms with Crippen molar-refractivity contribution in [2.24, 2.45) is 0 Å². The van der Waals surface area contributed by atoms with Crippen LogP contribution in [0.15, 0.2) is 65.6 Å². The molecular weight excluding hydrogens is 328 g/mol. The lowest BCUT2D eigenvalue weighted by molar-refractivity contribution is 0.0696. The van der Waals surface area contributed by atoms with Gasteiger partial charge in [0.1, 0.15) is 4.90 Å². The molecule has 0 aromatic heterocycles. The molecule has 0 aliphatic rings. The van der Waals surface area contributed by atoms with E-state index in [1.807, 2.05) is 18.2 Å². The van der Waals surface area contributed by atoms with Crippen LogP contribution in [0.3, 0.4) is 0 Å². The smallest absolute Gasteiger partial charge is 0.339 e. The number of benzene rings is 3. The van der Waals surface area contributed by atoms with Crippen LogP contribution in [0.2, 0.25) is 0 Å². The quantitative estimate of drug-likeness (QED) is 0.733. The maximum Gasteiger partial charge on any atom is 0.339 e. The zero-order valence-corrected chi connectivity index (χ0v) is 13.6. The summed E-state index contributed by atoms with van der Waals surface area (Å²) in [6.45, 7) is 1.60. The fourth-order valence-corrected chi connectivity index (χ4v) is 3.40. The normalized spacial score (nSPS) is 11.4. The Bertz CT molecular complexity index is 1030. The van der Waals surface area contributed by atoms with E-state index in [1.165, 1.54) is 12.1 Å². The minimum atomic E-state index is -4.14. The van der Waals surface area contributed by atoms with Crippen LogP contribution < -0.4 is 4.18 Å². The molecule has 5 nitrogen and oxygen atoms in total. The highest BCUT2D eigenvalue weighted by atomic mass is 32.2. The van der Waals surface area contributed by atoms with Gasteiger partial charge < -0.3 is 9.29 Å². The van der Waals surface area contributed by atoms with Crippen molar-refractivity contribution in [3.8, 4) is 5.75 Å². The summed E-state index contributed by atoms with van der Waals surface area (Å²) in [5, 5.41) is 10.7. The van der Waals surface area contributed by atoms with Crippen molar-refractivity contribution in [2.75, 3.05) is 0 Å². The largest absolute Gasteiger partial charge is 0.478 e. The van der Waals surface area contributed by atoms with Gasteiger partial charge in [0, 0.05) is 5.39 Å². The topological polar surface area (TPSA) is 80.7 Å². The van der Waals surface area contributed by atoms with Gasteiger partial charge in [-0.05, 0) is 36.1 Å². The zero-order chi connectivity index (χ0) is 17.3. The average Bonchev–Trinajstić information content (AvgIpc) is 2.55. The first kappa shape index (κ1) is 16.0. The van der Waals surface area contributed by atoms with Gasteiger partial charge >= 0.3 is 16.1 Å². The first-order valence-corrected chi connectivity index (χ1v) is 8.55. The molecule has 1 N–H and O–H groups in total. The maximum atomic E-state index is 12.5. The zero-order valence-electron chi connectivity index (χ0n) is 12.8. The molecule has 0 saturated heterocycles. The van der Waals surface area contributed by atoms with E-state index in [4.69, 9.17) is 9.29 Å². The number of fused-ring (bicyclic) bond motifs is 1. The standard InChI is InChI=1S/C18H14O5S/c1-12-9-10-14(11-16(12)18(19)20)24(21,22)23-17-8-4-6-13-5-2-3-7-15(13)17/h2-11H,1H3,(H,19,20). The molecule has 0 aliphatic carbocycles. The molecule has 0 heterocycles. The Balaban J connectivity index is 2.05. The van der Waals surface area contributed by atoms with Crippen LogP contribution in [0, 0.1) is 6.92 Å². The van der Waals surface area contributed by atoms with Gasteiger partial charge in [0.15, 0.2) is 5.75 Å². The minimum absolute atomic E-state index is 0.0717. The third kappa shape index (κ3) is 2.96. The minimum Gasteiger partial charge on any atom is -0.478 e. The Hall–Kier alpha value is -2.86. The van der Waals surface area contributed by atoms with Crippen molar-refractivity contribution in [1.82, 2.24) is 0 Å². The molecule has 0 saturated carbocycles. The molecule has 3 aromatic rings. The Morgan fingerprint density at radius 2 is 1.71 bits per heavy atom. The molecule has 0 fully saturated rings. The summed E-state index contributed by atoms with van der Waals surface area (Å²) in [5.41, 5.74) is 0.407. The summed E-state index contributed by atoms with van der Waals surface area (Å²) in [5.74, 6) is -0.986. The van der Waals surface area contributed by atoms with Gasteiger partial charge in [-0.3, -0.25) is 0 Å². The summed E-state index contributed by atoms with van der Waals surface area (Å²) in [6, 6.07) is 16.3. The first-order valence-electron chi connectivity index (χ1n) is 7.15. The van der Waals surface area contributed by atoms with Gasteiger partial charge in [0.2, 0.25) is 0 Å². The Morgan fingerprint density at radius 1 is 1.00 bits per heavy atom. The van der Waals surface area contributed by atoms with Crippen LogP contribution in [-0.4, -0.2) is 19.5 Å². The van der Waals surface area contributed by atoms with Crippen LogP contribution >= 0.6 is 0 Å². The fraction of sp³-hybridized carbons (Fsp3) is 0.0556. The van der Waals surface area contributed by atoms with Crippen LogP contribution in [0.1, 0.15) is 15.9 Å². The van der Waals surface area contributed by atoms with Crippen molar-refractivity contribution in [3.63, 3.8) is 0 Å². The van der Waals surface area contributed by atoms with Crippen molar-refractivity contribution in [1.29, 1.82) is 0 Å². The molecule has 0 bridgehead atoms. The monoisotopic (exact) mass is 342 g/mol. The van der Waals surface area contributed by atoms with Gasteiger partial charge in [-0.2, -0.15) is 8.42 Å². The van der Waals surface area contributed by atoms with Crippen molar-refractivity contribution in [3.05, 3.63) is 71.8 Å². The van der Waals surface area contributed by atoms with Gasteiger partial charge in [-0.1, -0.05) is 42.5 Å². The third-order valence-corrected chi connectivity index (χ3v) is 4.91. The third-order valence-electron chi connectivity index (χ3n) is 3.68. The van der Waals surface area contributed by atoms with Crippen molar-refractivity contribution >= 4 is 26.9 Å². The Kier molecular flexibility index (Phi) is 3.99. The van der Waals surface area contributed by atoms with E-state index in [-0.39, 0.29) is 16.2 Å². The van der Waals surface area contributed by atoms with Crippen LogP contribution in [0.25, 0.3) is 10.8 Å². The second-order valence-electron chi connectivity index (χ2n) is 5.30. The summed E-state index contributed by atoms with van der Waals surface area (Å²) >= 11 is 0. The maximum absolute atomic E-state index is 12.5. The molecule has 0 unspecified atom stereocenters. The summed E-state index contributed by atoms with van der Waals surface area (Å²) in [7, 11) is -4.14. The van der Waals surface area contributed by atoms with E-state index < -0.39 is 16.1 Å². The number of hydrogen-bond donors (Lipinski definition) is 1. The molecule has 0 amide bonds. The van der Waals surface area contributed by atoms with E-state index in [0.717, 1.165) is 11.5 Å². The summed E-state index contributed by atoms with van der Waals surface area (Å²) in [4.78, 5) is 11.0. The number of aryl methyl sites for hydroxylation is 1.